The molecule has 0 N–H and O–H groups in total. The average Bonchev–Trinajstić information content (AvgIpc) is 3.02. The smallest absolute Gasteiger partial charge is 0.229 e. The molecule has 3 rings (SSSR count). The first-order valence-corrected chi connectivity index (χ1v) is 9.71. The lowest BCUT2D eigenvalue weighted by atomic mass is 10.1. The molecule has 5 nitrogen and oxygen atoms in total. The third-order valence-corrected chi connectivity index (χ3v) is 5.05. The molecule has 1 fully saturated rings. The predicted octanol–water partition coefficient (Wildman–Crippen LogP) is 4.17. The molecule has 0 saturated carbocycles. The molecule has 1 heterocycles. The van der Waals surface area contributed by atoms with E-state index in [2.05, 4.69) is 0 Å². The van der Waals surface area contributed by atoms with Crippen molar-refractivity contribution in [1.82, 2.24) is 4.90 Å². The highest BCUT2D eigenvalue weighted by Gasteiger charge is 2.28. The summed E-state index contributed by atoms with van der Waals surface area (Å²) in [7, 11) is 0. The Hall–Kier alpha value is -2.67. The first-order chi connectivity index (χ1) is 13.9. The number of benzene rings is 2. The molecule has 2 aromatic carbocycles. The fourth-order valence-electron chi connectivity index (χ4n) is 3.17. The summed E-state index contributed by atoms with van der Waals surface area (Å²) in [6, 6.07) is 9.14. The molecular weight excluding hydrogens is 402 g/mol. The van der Waals surface area contributed by atoms with Crippen molar-refractivity contribution >= 4 is 29.1 Å². The van der Waals surface area contributed by atoms with Gasteiger partial charge in [-0.05, 0) is 42.8 Å². The fourth-order valence-corrected chi connectivity index (χ4v) is 3.28. The van der Waals surface area contributed by atoms with Crippen LogP contribution in [0.5, 0.6) is 5.75 Å². The second-order valence-electron chi connectivity index (χ2n) is 6.66. The molecular formula is C21H21ClF2N2O3. The molecule has 1 saturated heterocycles. The molecule has 0 aliphatic carbocycles. The molecule has 0 radical (unpaired) electrons. The summed E-state index contributed by atoms with van der Waals surface area (Å²) in [4.78, 5) is 26.2. The van der Waals surface area contributed by atoms with Gasteiger partial charge in [0.1, 0.15) is 12.4 Å². The average molecular weight is 423 g/mol. The number of carbonyl (C=O) groups excluding carboxylic acids is 2. The standard InChI is InChI=1S/C21H21ClF2N2O3/c1-2-25(15-4-5-16(22)17(23)12-15)13-14-3-6-19(18(24)11-14)29-10-9-26-20(27)7-8-21(26)28/h3-6,11-12H,2,7-10,13H2,1H3. The lowest BCUT2D eigenvalue weighted by Gasteiger charge is -2.23. The van der Waals surface area contributed by atoms with Crippen molar-refractivity contribution in [1.29, 1.82) is 0 Å². The summed E-state index contributed by atoms with van der Waals surface area (Å²) in [5.74, 6) is -1.46. The van der Waals surface area contributed by atoms with E-state index < -0.39 is 11.6 Å². The summed E-state index contributed by atoms with van der Waals surface area (Å²) in [5, 5.41) is 0.0506. The van der Waals surface area contributed by atoms with Gasteiger partial charge in [-0.2, -0.15) is 0 Å². The van der Waals surface area contributed by atoms with Crippen LogP contribution in [0.1, 0.15) is 25.3 Å². The Balaban J connectivity index is 1.61. The zero-order chi connectivity index (χ0) is 21.0. The van der Waals surface area contributed by atoms with Gasteiger partial charge in [0.15, 0.2) is 11.6 Å². The first-order valence-electron chi connectivity index (χ1n) is 9.33. The number of likely N-dealkylation sites (tertiary alicyclic amines) is 1. The van der Waals surface area contributed by atoms with Crippen molar-refractivity contribution in [3.05, 3.63) is 58.6 Å². The van der Waals surface area contributed by atoms with Crippen LogP contribution < -0.4 is 9.64 Å². The fraction of sp³-hybridized carbons (Fsp3) is 0.333. The maximum absolute atomic E-state index is 14.4. The number of halogens is 3. The van der Waals surface area contributed by atoms with Gasteiger partial charge < -0.3 is 9.64 Å². The largest absolute Gasteiger partial charge is 0.489 e. The van der Waals surface area contributed by atoms with Gasteiger partial charge in [-0.25, -0.2) is 8.78 Å². The lowest BCUT2D eigenvalue weighted by Crippen LogP contribution is -2.33. The molecule has 8 heteroatoms. The zero-order valence-corrected chi connectivity index (χ0v) is 16.7. The van der Waals surface area contributed by atoms with Crippen LogP contribution in [0.25, 0.3) is 0 Å². The second kappa shape index (κ2) is 9.22. The van der Waals surface area contributed by atoms with Crippen LogP contribution in [0.4, 0.5) is 14.5 Å². The Morgan fingerprint density at radius 2 is 1.79 bits per heavy atom. The summed E-state index contributed by atoms with van der Waals surface area (Å²) in [5.41, 5.74) is 1.34. The van der Waals surface area contributed by atoms with E-state index in [1.165, 1.54) is 24.3 Å². The van der Waals surface area contributed by atoms with Crippen LogP contribution in [0.2, 0.25) is 5.02 Å². The highest BCUT2D eigenvalue weighted by atomic mass is 35.5. The number of amides is 2. The van der Waals surface area contributed by atoms with Crippen molar-refractivity contribution < 1.29 is 23.1 Å². The maximum atomic E-state index is 14.4. The van der Waals surface area contributed by atoms with Gasteiger partial charge in [0.25, 0.3) is 0 Å². The maximum Gasteiger partial charge on any atom is 0.229 e. The Kier molecular flexibility index (Phi) is 6.69. The molecule has 1 aliphatic rings. The summed E-state index contributed by atoms with van der Waals surface area (Å²) in [6.45, 7) is 3.02. The third kappa shape index (κ3) is 5.03. The van der Waals surface area contributed by atoms with E-state index >= 15 is 0 Å². The van der Waals surface area contributed by atoms with Crippen LogP contribution in [0.3, 0.4) is 0 Å². The van der Waals surface area contributed by atoms with Crippen LogP contribution in [-0.2, 0) is 16.1 Å². The summed E-state index contributed by atoms with van der Waals surface area (Å²) in [6.07, 6.45) is 0.431. The summed E-state index contributed by atoms with van der Waals surface area (Å²) < 4.78 is 33.5. The quantitative estimate of drug-likeness (QED) is 0.599. The molecule has 2 aromatic rings. The van der Waals surface area contributed by atoms with E-state index in [1.54, 1.807) is 12.1 Å². The number of anilines is 1. The Bertz CT molecular complexity index is 907. The lowest BCUT2D eigenvalue weighted by molar-refractivity contribution is -0.138. The monoisotopic (exact) mass is 422 g/mol. The van der Waals surface area contributed by atoms with Gasteiger partial charge in [0.05, 0.1) is 11.6 Å². The predicted molar refractivity (Wildman–Crippen MR) is 106 cm³/mol. The van der Waals surface area contributed by atoms with Crippen molar-refractivity contribution in [2.24, 2.45) is 0 Å². The highest BCUT2D eigenvalue weighted by molar-refractivity contribution is 6.30. The Morgan fingerprint density at radius 1 is 1.07 bits per heavy atom. The van der Waals surface area contributed by atoms with Crippen molar-refractivity contribution in [2.45, 2.75) is 26.3 Å². The van der Waals surface area contributed by atoms with Gasteiger partial charge in [-0.15, -0.1) is 0 Å². The van der Waals surface area contributed by atoms with Crippen molar-refractivity contribution in [3.63, 3.8) is 0 Å². The van der Waals surface area contributed by atoms with E-state index in [0.717, 1.165) is 4.90 Å². The first kappa shape index (κ1) is 21.0. The van der Waals surface area contributed by atoms with Gasteiger partial charge in [0, 0.05) is 31.6 Å². The molecule has 0 unspecified atom stereocenters. The Morgan fingerprint density at radius 3 is 2.41 bits per heavy atom. The number of rotatable bonds is 8. The molecule has 2 amide bonds. The minimum atomic E-state index is -0.542. The summed E-state index contributed by atoms with van der Waals surface area (Å²) >= 11 is 5.73. The number of ether oxygens (including phenoxy) is 1. The Labute approximate surface area is 172 Å². The van der Waals surface area contributed by atoms with Crippen LogP contribution >= 0.6 is 11.6 Å². The van der Waals surface area contributed by atoms with Gasteiger partial charge in [-0.3, -0.25) is 14.5 Å². The molecule has 0 spiro atoms. The van der Waals surface area contributed by atoms with Gasteiger partial charge in [-0.1, -0.05) is 17.7 Å². The number of hydrogen-bond donors (Lipinski definition) is 0. The van der Waals surface area contributed by atoms with Crippen LogP contribution in [-0.4, -0.2) is 36.4 Å². The molecule has 1 aliphatic heterocycles. The number of carbonyl (C=O) groups is 2. The number of imide groups is 1. The minimum absolute atomic E-state index is 0.0267. The molecule has 0 aromatic heterocycles. The molecule has 0 atom stereocenters. The van der Waals surface area contributed by atoms with Gasteiger partial charge >= 0.3 is 0 Å². The molecule has 29 heavy (non-hydrogen) atoms. The molecule has 154 valence electrons. The second-order valence-corrected chi connectivity index (χ2v) is 7.07. The number of nitrogens with zero attached hydrogens (tertiary/aromatic N) is 2. The van der Waals surface area contributed by atoms with Crippen LogP contribution in [0.15, 0.2) is 36.4 Å². The van der Waals surface area contributed by atoms with E-state index in [0.29, 0.717) is 24.3 Å². The SMILES string of the molecule is CCN(Cc1ccc(OCCN2C(=O)CCC2=O)c(F)c1)c1ccc(Cl)c(F)c1. The minimum Gasteiger partial charge on any atom is -0.489 e. The van der Waals surface area contributed by atoms with Crippen molar-refractivity contribution in [2.75, 3.05) is 24.6 Å². The van der Waals surface area contributed by atoms with Crippen molar-refractivity contribution in [3.8, 4) is 5.75 Å². The van der Waals surface area contributed by atoms with E-state index in [-0.39, 0.29) is 48.6 Å². The number of hydrogen-bond acceptors (Lipinski definition) is 4. The topological polar surface area (TPSA) is 49.9 Å². The molecule has 0 bridgehead atoms. The van der Waals surface area contributed by atoms with E-state index in [9.17, 15) is 18.4 Å². The van der Waals surface area contributed by atoms with E-state index in [1.807, 2.05) is 11.8 Å². The normalized spacial score (nSPS) is 13.9. The van der Waals surface area contributed by atoms with E-state index in [4.69, 9.17) is 16.3 Å². The van der Waals surface area contributed by atoms with Gasteiger partial charge in [0.2, 0.25) is 11.8 Å². The third-order valence-electron chi connectivity index (χ3n) is 4.75. The zero-order valence-electron chi connectivity index (χ0n) is 16.0. The van der Waals surface area contributed by atoms with Crippen LogP contribution in [0, 0.1) is 11.6 Å². The highest BCUT2D eigenvalue weighted by Crippen LogP contribution is 2.25.